The number of hydrogen-bond donors (Lipinski definition) is 0. The van der Waals surface area contributed by atoms with Gasteiger partial charge >= 0.3 is 0 Å². The second kappa shape index (κ2) is 5.71. The lowest BCUT2D eigenvalue weighted by molar-refractivity contribution is 0.0847. The minimum atomic E-state index is 0.451. The summed E-state index contributed by atoms with van der Waals surface area (Å²) in [5.74, 6) is 0.451. The molecule has 0 atom stereocenters. The van der Waals surface area contributed by atoms with Crippen molar-refractivity contribution in [3.05, 3.63) is 53.4 Å². The van der Waals surface area contributed by atoms with E-state index in [0.717, 1.165) is 48.0 Å². The summed E-state index contributed by atoms with van der Waals surface area (Å²) in [6.07, 6.45) is 5.75. The highest BCUT2D eigenvalue weighted by molar-refractivity contribution is 6.30. The van der Waals surface area contributed by atoms with Crippen LogP contribution in [0.4, 0.5) is 0 Å². The summed E-state index contributed by atoms with van der Waals surface area (Å²) in [4.78, 5) is 4.26. The Labute approximate surface area is 133 Å². The molecule has 0 N–H and O–H groups in total. The fraction of sp³-hybridized carbons (Fsp3) is 0.294. The van der Waals surface area contributed by atoms with E-state index >= 15 is 0 Å². The van der Waals surface area contributed by atoms with Gasteiger partial charge in [-0.3, -0.25) is 4.98 Å². The summed E-state index contributed by atoms with van der Waals surface area (Å²) < 4.78 is 7.44. The quantitative estimate of drug-likeness (QED) is 0.718. The zero-order chi connectivity index (χ0) is 14.9. The Kier molecular flexibility index (Phi) is 3.56. The Morgan fingerprint density at radius 1 is 1.09 bits per heavy atom. The maximum atomic E-state index is 5.99. The van der Waals surface area contributed by atoms with Crippen molar-refractivity contribution in [1.82, 2.24) is 14.8 Å². The normalized spacial score (nSPS) is 16.2. The first kappa shape index (κ1) is 13.7. The van der Waals surface area contributed by atoms with E-state index in [1.807, 2.05) is 41.3 Å². The first-order valence-corrected chi connectivity index (χ1v) is 7.87. The summed E-state index contributed by atoms with van der Waals surface area (Å²) in [5.41, 5.74) is 3.18. The van der Waals surface area contributed by atoms with Gasteiger partial charge in [0.15, 0.2) is 0 Å². The zero-order valence-electron chi connectivity index (χ0n) is 12.1. The molecule has 0 aliphatic carbocycles. The van der Waals surface area contributed by atoms with E-state index in [-0.39, 0.29) is 0 Å². The van der Waals surface area contributed by atoms with Crippen LogP contribution < -0.4 is 0 Å². The van der Waals surface area contributed by atoms with E-state index in [0.29, 0.717) is 5.92 Å². The largest absolute Gasteiger partial charge is 0.381 e. The molecule has 0 amide bonds. The molecule has 4 nitrogen and oxygen atoms in total. The van der Waals surface area contributed by atoms with Gasteiger partial charge in [-0.1, -0.05) is 11.6 Å². The first-order chi connectivity index (χ1) is 10.8. The van der Waals surface area contributed by atoms with Crippen LogP contribution in [0.1, 0.15) is 24.5 Å². The Morgan fingerprint density at radius 2 is 1.86 bits per heavy atom. The minimum absolute atomic E-state index is 0.451. The van der Waals surface area contributed by atoms with Crippen LogP contribution in [0.25, 0.3) is 16.6 Å². The topological polar surface area (TPSA) is 39.9 Å². The van der Waals surface area contributed by atoms with Gasteiger partial charge in [0.1, 0.15) is 0 Å². The van der Waals surface area contributed by atoms with Gasteiger partial charge in [0.25, 0.3) is 0 Å². The number of pyridine rings is 1. The number of halogens is 1. The Balaban J connectivity index is 1.86. The molecule has 0 saturated carbocycles. The molecule has 0 spiro atoms. The SMILES string of the molecule is Clc1ccc(-n2nc(C3CCOCC3)c3ccncc32)cc1. The van der Waals surface area contributed by atoms with Crippen LogP contribution in [-0.4, -0.2) is 28.0 Å². The molecule has 1 saturated heterocycles. The van der Waals surface area contributed by atoms with Crippen molar-refractivity contribution < 1.29 is 4.74 Å². The summed E-state index contributed by atoms with van der Waals surface area (Å²) >= 11 is 5.99. The van der Waals surface area contributed by atoms with Crippen molar-refractivity contribution in [2.45, 2.75) is 18.8 Å². The highest BCUT2D eigenvalue weighted by Gasteiger charge is 2.22. The number of nitrogens with zero attached hydrogens (tertiary/aromatic N) is 3. The van der Waals surface area contributed by atoms with Gasteiger partial charge < -0.3 is 4.74 Å². The molecule has 3 aromatic rings. The van der Waals surface area contributed by atoms with Gasteiger partial charge in [0, 0.05) is 35.7 Å². The third kappa shape index (κ3) is 2.38. The molecule has 1 fully saturated rings. The third-order valence-electron chi connectivity index (χ3n) is 4.19. The van der Waals surface area contributed by atoms with Crippen molar-refractivity contribution in [3.8, 4) is 5.69 Å². The van der Waals surface area contributed by atoms with Gasteiger partial charge in [-0.15, -0.1) is 0 Å². The molecule has 0 radical (unpaired) electrons. The van der Waals surface area contributed by atoms with Crippen molar-refractivity contribution in [2.75, 3.05) is 13.2 Å². The number of aromatic nitrogens is 3. The van der Waals surface area contributed by atoms with Gasteiger partial charge in [-0.25, -0.2) is 4.68 Å². The van der Waals surface area contributed by atoms with Crippen LogP contribution >= 0.6 is 11.6 Å². The van der Waals surface area contributed by atoms with Crippen LogP contribution in [0, 0.1) is 0 Å². The number of hydrogen-bond acceptors (Lipinski definition) is 3. The van der Waals surface area contributed by atoms with Gasteiger partial charge in [0.05, 0.1) is 23.1 Å². The smallest absolute Gasteiger partial charge is 0.0927 e. The highest BCUT2D eigenvalue weighted by Crippen LogP contribution is 2.32. The molecule has 1 aliphatic heterocycles. The van der Waals surface area contributed by atoms with Crippen molar-refractivity contribution in [1.29, 1.82) is 0 Å². The van der Waals surface area contributed by atoms with E-state index in [2.05, 4.69) is 11.1 Å². The lowest BCUT2D eigenvalue weighted by atomic mass is 9.95. The Bertz CT molecular complexity index is 791. The molecular weight excluding hydrogens is 298 g/mol. The molecule has 1 aromatic carbocycles. The standard InChI is InChI=1S/C17H16ClN3O/c18-13-1-3-14(4-2-13)21-16-11-19-8-5-15(16)17(20-21)12-6-9-22-10-7-12/h1-5,8,11-12H,6-7,9-10H2. The number of rotatable bonds is 2. The molecular formula is C17H16ClN3O. The Hall–Kier alpha value is -1.91. The van der Waals surface area contributed by atoms with E-state index in [4.69, 9.17) is 21.4 Å². The average molecular weight is 314 g/mol. The summed E-state index contributed by atoms with van der Waals surface area (Å²) in [6.45, 7) is 1.62. The predicted octanol–water partition coefficient (Wildman–Crippen LogP) is 3.97. The zero-order valence-corrected chi connectivity index (χ0v) is 12.8. The van der Waals surface area contributed by atoms with Crippen LogP contribution in [-0.2, 0) is 4.74 Å². The van der Waals surface area contributed by atoms with E-state index in [1.165, 1.54) is 5.39 Å². The minimum Gasteiger partial charge on any atom is -0.381 e. The summed E-state index contributed by atoms with van der Waals surface area (Å²) in [6, 6.07) is 9.79. The van der Waals surface area contributed by atoms with Gasteiger partial charge in [0.2, 0.25) is 0 Å². The molecule has 4 rings (SSSR count). The summed E-state index contributed by atoms with van der Waals surface area (Å²) in [5, 5.41) is 6.79. The molecule has 1 aliphatic rings. The highest BCUT2D eigenvalue weighted by atomic mass is 35.5. The summed E-state index contributed by atoms with van der Waals surface area (Å²) in [7, 11) is 0. The van der Waals surface area contributed by atoms with Gasteiger partial charge in [-0.2, -0.15) is 5.10 Å². The number of benzene rings is 1. The molecule has 3 heterocycles. The monoisotopic (exact) mass is 313 g/mol. The van der Waals surface area contributed by atoms with Gasteiger partial charge in [-0.05, 0) is 43.2 Å². The Morgan fingerprint density at radius 3 is 2.64 bits per heavy atom. The second-order valence-corrected chi connectivity index (χ2v) is 5.99. The second-order valence-electron chi connectivity index (χ2n) is 5.55. The van der Waals surface area contributed by atoms with Crippen molar-refractivity contribution >= 4 is 22.5 Å². The molecule has 2 aromatic heterocycles. The first-order valence-electron chi connectivity index (χ1n) is 7.49. The maximum absolute atomic E-state index is 5.99. The molecule has 0 unspecified atom stereocenters. The van der Waals surface area contributed by atoms with E-state index in [9.17, 15) is 0 Å². The molecule has 22 heavy (non-hydrogen) atoms. The third-order valence-corrected chi connectivity index (χ3v) is 4.44. The number of fused-ring (bicyclic) bond motifs is 1. The van der Waals surface area contributed by atoms with E-state index < -0.39 is 0 Å². The van der Waals surface area contributed by atoms with Crippen LogP contribution in [0.15, 0.2) is 42.7 Å². The van der Waals surface area contributed by atoms with Crippen molar-refractivity contribution in [2.24, 2.45) is 0 Å². The van der Waals surface area contributed by atoms with Crippen molar-refractivity contribution in [3.63, 3.8) is 0 Å². The molecule has 5 heteroatoms. The maximum Gasteiger partial charge on any atom is 0.0927 e. The predicted molar refractivity (Wildman–Crippen MR) is 86.7 cm³/mol. The van der Waals surface area contributed by atoms with E-state index in [1.54, 1.807) is 0 Å². The van der Waals surface area contributed by atoms with Crippen LogP contribution in [0.5, 0.6) is 0 Å². The number of ether oxygens (including phenoxy) is 1. The lowest BCUT2D eigenvalue weighted by Gasteiger charge is -2.20. The fourth-order valence-electron chi connectivity index (χ4n) is 3.04. The van der Waals surface area contributed by atoms with Crippen LogP contribution in [0.3, 0.4) is 0 Å². The molecule has 112 valence electrons. The molecule has 0 bridgehead atoms. The fourth-order valence-corrected chi connectivity index (χ4v) is 3.16. The lowest BCUT2D eigenvalue weighted by Crippen LogP contribution is -2.15. The van der Waals surface area contributed by atoms with Crippen LogP contribution in [0.2, 0.25) is 5.02 Å². The average Bonchev–Trinajstić information content (AvgIpc) is 2.96.